The zero-order valence-corrected chi connectivity index (χ0v) is 13.9. The SMILES string of the molecule is CCOc1cc(C=NNC(=O)c2ccncc2)cc(I)c1O. The van der Waals surface area contributed by atoms with Crippen LogP contribution in [0.5, 0.6) is 11.5 Å². The highest BCUT2D eigenvalue weighted by molar-refractivity contribution is 14.1. The second-order valence-corrected chi connectivity index (χ2v) is 5.38. The van der Waals surface area contributed by atoms with E-state index in [4.69, 9.17) is 4.74 Å². The summed E-state index contributed by atoms with van der Waals surface area (Å²) >= 11 is 2.00. The van der Waals surface area contributed by atoms with E-state index in [2.05, 4.69) is 15.5 Å². The number of hydrazone groups is 1. The number of nitrogens with zero attached hydrogens (tertiary/aromatic N) is 2. The monoisotopic (exact) mass is 411 g/mol. The Hall–Kier alpha value is -2.16. The lowest BCUT2D eigenvalue weighted by atomic mass is 10.2. The van der Waals surface area contributed by atoms with Crippen molar-refractivity contribution >= 4 is 34.7 Å². The number of phenolic OH excluding ortho intramolecular Hbond substituents is 1. The number of rotatable bonds is 5. The number of carbonyl (C=O) groups is 1. The average Bonchev–Trinajstić information content (AvgIpc) is 2.53. The molecule has 0 aliphatic carbocycles. The second kappa shape index (κ2) is 7.74. The Bertz CT molecular complexity index is 690. The van der Waals surface area contributed by atoms with E-state index in [0.717, 1.165) is 0 Å². The number of aromatic hydroxyl groups is 1. The molecule has 2 N–H and O–H groups in total. The number of amides is 1. The predicted molar refractivity (Wildman–Crippen MR) is 91.3 cm³/mol. The summed E-state index contributed by atoms with van der Waals surface area (Å²) in [6, 6.07) is 6.59. The number of ether oxygens (including phenoxy) is 1. The van der Waals surface area contributed by atoms with Gasteiger partial charge in [0.25, 0.3) is 5.91 Å². The van der Waals surface area contributed by atoms with Crippen molar-refractivity contribution in [3.8, 4) is 11.5 Å². The Kier molecular flexibility index (Phi) is 5.70. The largest absolute Gasteiger partial charge is 0.504 e. The van der Waals surface area contributed by atoms with E-state index in [-0.39, 0.29) is 11.7 Å². The predicted octanol–water partition coefficient (Wildman–Crippen LogP) is 2.55. The van der Waals surface area contributed by atoms with E-state index in [9.17, 15) is 9.90 Å². The third-order valence-electron chi connectivity index (χ3n) is 2.67. The fourth-order valence-electron chi connectivity index (χ4n) is 1.67. The lowest BCUT2D eigenvalue weighted by Crippen LogP contribution is -2.17. The van der Waals surface area contributed by atoms with Gasteiger partial charge in [0.15, 0.2) is 11.5 Å². The number of benzene rings is 1. The molecule has 0 spiro atoms. The zero-order chi connectivity index (χ0) is 15.9. The fourth-order valence-corrected chi connectivity index (χ4v) is 2.29. The second-order valence-electron chi connectivity index (χ2n) is 4.22. The molecular formula is C15H14IN3O3. The molecule has 0 saturated carbocycles. The van der Waals surface area contributed by atoms with Crippen molar-refractivity contribution in [1.29, 1.82) is 0 Å². The summed E-state index contributed by atoms with van der Waals surface area (Å²) in [5.74, 6) is 0.161. The number of hydrogen-bond acceptors (Lipinski definition) is 5. The minimum absolute atomic E-state index is 0.0976. The standard InChI is InChI=1S/C15H14IN3O3/c1-2-22-13-8-10(7-12(16)14(13)20)9-18-19-15(21)11-3-5-17-6-4-11/h3-9,20H,2H2,1H3,(H,19,21). The van der Waals surface area contributed by atoms with Crippen LogP contribution in [0.15, 0.2) is 41.8 Å². The van der Waals surface area contributed by atoms with Crippen LogP contribution in [0.2, 0.25) is 0 Å². The Morgan fingerprint density at radius 3 is 2.86 bits per heavy atom. The van der Waals surface area contributed by atoms with Gasteiger partial charge in [-0.15, -0.1) is 0 Å². The van der Waals surface area contributed by atoms with E-state index in [1.807, 2.05) is 29.5 Å². The lowest BCUT2D eigenvalue weighted by molar-refractivity contribution is 0.0955. The van der Waals surface area contributed by atoms with Crippen molar-refractivity contribution in [2.24, 2.45) is 5.10 Å². The van der Waals surface area contributed by atoms with Crippen LogP contribution in [0.1, 0.15) is 22.8 Å². The third-order valence-corrected chi connectivity index (χ3v) is 3.50. The molecule has 7 heteroatoms. The minimum atomic E-state index is -0.322. The smallest absolute Gasteiger partial charge is 0.271 e. The molecule has 114 valence electrons. The molecule has 0 aliphatic heterocycles. The summed E-state index contributed by atoms with van der Waals surface area (Å²) in [6.07, 6.45) is 4.56. The molecule has 0 radical (unpaired) electrons. The van der Waals surface area contributed by atoms with Crippen LogP contribution in [-0.4, -0.2) is 28.8 Å². The molecule has 0 atom stereocenters. The van der Waals surface area contributed by atoms with E-state index in [1.54, 1.807) is 24.3 Å². The first-order valence-electron chi connectivity index (χ1n) is 6.50. The highest BCUT2D eigenvalue weighted by Gasteiger charge is 2.08. The van der Waals surface area contributed by atoms with Gasteiger partial charge in [0, 0.05) is 18.0 Å². The summed E-state index contributed by atoms with van der Waals surface area (Å²) in [5, 5.41) is 13.8. The van der Waals surface area contributed by atoms with Gasteiger partial charge in [-0.2, -0.15) is 5.10 Å². The van der Waals surface area contributed by atoms with Gasteiger partial charge in [0.05, 0.1) is 16.4 Å². The highest BCUT2D eigenvalue weighted by atomic mass is 127. The molecular weight excluding hydrogens is 397 g/mol. The van der Waals surface area contributed by atoms with Crippen molar-refractivity contribution in [1.82, 2.24) is 10.4 Å². The van der Waals surface area contributed by atoms with Crippen molar-refractivity contribution in [2.45, 2.75) is 6.92 Å². The maximum atomic E-state index is 11.8. The van der Waals surface area contributed by atoms with Crippen LogP contribution >= 0.6 is 22.6 Å². The van der Waals surface area contributed by atoms with E-state index in [1.165, 1.54) is 18.6 Å². The molecule has 1 aromatic carbocycles. The molecule has 2 rings (SSSR count). The van der Waals surface area contributed by atoms with E-state index >= 15 is 0 Å². The van der Waals surface area contributed by atoms with Crippen molar-refractivity contribution in [3.63, 3.8) is 0 Å². The highest BCUT2D eigenvalue weighted by Crippen LogP contribution is 2.32. The summed E-state index contributed by atoms with van der Waals surface area (Å²) in [7, 11) is 0. The maximum absolute atomic E-state index is 11.8. The van der Waals surface area contributed by atoms with Gasteiger partial charge in [0.2, 0.25) is 0 Å². The van der Waals surface area contributed by atoms with Crippen LogP contribution in [-0.2, 0) is 0 Å². The van der Waals surface area contributed by atoms with Gasteiger partial charge in [0.1, 0.15) is 0 Å². The van der Waals surface area contributed by atoms with Gasteiger partial charge in [-0.25, -0.2) is 5.43 Å². The molecule has 1 amide bonds. The van der Waals surface area contributed by atoms with Crippen LogP contribution in [0.3, 0.4) is 0 Å². The third kappa shape index (κ3) is 4.17. The van der Waals surface area contributed by atoms with Crippen LogP contribution < -0.4 is 10.2 Å². The Morgan fingerprint density at radius 2 is 2.18 bits per heavy atom. The van der Waals surface area contributed by atoms with Crippen LogP contribution in [0.25, 0.3) is 0 Å². The molecule has 0 unspecified atom stereocenters. The molecule has 6 nitrogen and oxygen atoms in total. The van der Waals surface area contributed by atoms with Gasteiger partial charge < -0.3 is 9.84 Å². The van der Waals surface area contributed by atoms with E-state index in [0.29, 0.717) is 27.1 Å². The maximum Gasteiger partial charge on any atom is 0.271 e. The van der Waals surface area contributed by atoms with Crippen molar-refractivity contribution in [3.05, 3.63) is 51.4 Å². The number of aromatic nitrogens is 1. The molecule has 22 heavy (non-hydrogen) atoms. The van der Waals surface area contributed by atoms with Crippen LogP contribution in [0.4, 0.5) is 0 Å². The van der Waals surface area contributed by atoms with Gasteiger partial charge in [-0.3, -0.25) is 9.78 Å². The first kappa shape index (κ1) is 16.2. The zero-order valence-electron chi connectivity index (χ0n) is 11.8. The lowest BCUT2D eigenvalue weighted by Gasteiger charge is -2.08. The molecule has 0 bridgehead atoms. The van der Waals surface area contributed by atoms with Gasteiger partial charge >= 0.3 is 0 Å². The molecule has 2 aromatic rings. The van der Waals surface area contributed by atoms with Crippen molar-refractivity contribution in [2.75, 3.05) is 6.61 Å². The number of nitrogens with one attached hydrogen (secondary N) is 1. The normalized spacial score (nSPS) is 10.6. The summed E-state index contributed by atoms with van der Waals surface area (Å²) in [5.41, 5.74) is 3.61. The molecule has 0 aliphatic rings. The van der Waals surface area contributed by atoms with Crippen molar-refractivity contribution < 1.29 is 14.6 Å². The number of halogens is 1. The quantitative estimate of drug-likeness (QED) is 0.450. The van der Waals surface area contributed by atoms with Gasteiger partial charge in [-0.1, -0.05) is 0 Å². The van der Waals surface area contributed by atoms with Crippen LogP contribution in [0, 0.1) is 3.57 Å². The summed E-state index contributed by atoms with van der Waals surface area (Å²) in [4.78, 5) is 15.7. The first-order chi connectivity index (χ1) is 10.6. The number of phenols is 1. The average molecular weight is 411 g/mol. The number of pyridine rings is 1. The number of carbonyl (C=O) groups excluding carboxylic acids is 1. The molecule has 0 fully saturated rings. The minimum Gasteiger partial charge on any atom is -0.504 e. The number of hydrogen-bond donors (Lipinski definition) is 2. The Labute approximate surface area is 141 Å². The fraction of sp³-hybridized carbons (Fsp3) is 0.133. The molecule has 1 heterocycles. The first-order valence-corrected chi connectivity index (χ1v) is 7.58. The topological polar surface area (TPSA) is 83.8 Å². The molecule has 0 saturated heterocycles. The summed E-state index contributed by atoms with van der Waals surface area (Å²) < 4.78 is 5.99. The van der Waals surface area contributed by atoms with Gasteiger partial charge in [-0.05, 0) is 59.3 Å². The Balaban J connectivity index is 2.09. The van der Waals surface area contributed by atoms with E-state index < -0.39 is 0 Å². The molecule has 1 aromatic heterocycles. The summed E-state index contributed by atoms with van der Waals surface area (Å²) in [6.45, 7) is 2.28. The Morgan fingerprint density at radius 1 is 1.45 bits per heavy atom.